The highest BCUT2D eigenvalue weighted by atomic mass is 16.3. The van der Waals surface area contributed by atoms with Crippen molar-refractivity contribution in [3.63, 3.8) is 0 Å². The number of benzene rings is 9. The summed E-state index contributed by atoms with van der Waals surface area (Å²) in [5.74, 6) is 0.835. The summed E-state index contributed by atoms with van der Waals surface area (Å²) < 4.78 is 15.9. The summed E-state index contributed by atoms with van der Waals surface area (Å²) in [6.45, 7) is 0. The van der Waals surface area contributed by atoms with Gasteiger partial charge >= 0.3 is 0 Å². The molecular formula is C52H31NO2. The van der Waals surface area contributed by atoms with Crippen LogP contribution in [0.15, 0.2) is 197 Å². The van der Waals surface area contributed by atoms with Gasteiger partial charge < -0.3 is 13.4 Å². The van der Waals surface area contributed by atoms with Crippen LogP contribution in [0, 0.1) is 0 Å². The molecule has 0 fully saturated rings. The molecule has 0 radical (unpaired) electrons. The number of hydrogen-bond donors (Lipinski definition) is 0. The highest BCUT2D eigenvalue weighted by Gasteiger charge is 2.25. The number of aromatic nitrogens is 1. The molecule has 9 aromatic carbocycles. The van der Waals surface area contributed by atoms with E-state index in [1.54, 1.807) is 0 Å². The Hall–Kier alpha value is -7.36. The fourth-order valence-electron chi connectivity index (χ4n) is 9.13. The molecule has 3 heterocycles. The number of fused-ring (bicyclic) bond motifs is 10. The fourth-order valence-corrected chi connectivity index (χ4v) is 9.13. The summed E-state index contributed by atoms with van der Waals surface area (Å²) in [7, 11) is 0. The zero-order valence-electron chi connectivity index (χ0n) is 29.7. The van der Waals surface area contributed by atoms with Crippen molar-refractivity contribution in [1.29, 1.82) is 0 Å². The van der Waals surface area contributed by atoms with Crippen molar-refractivity contribution in [1.82, 2.24) is 4.57 Å². The van der Waals surface area contributed by atoms with Crippen molar-refractivity contribution in [2.24, 2.45) is 0 Å². The van der Waals surface area contributed by atoms with Crippen LogP contribution in [-0.2, 0) is 0 Å². The molecule has 0 aliphatic carbocycles. The molecular weight excluding hydrogens is 671 g/mol. The highest BCUT2D eigenvalue weighted by molar-refractivity contribution is 6.29. The largest absolute Gasteiger partial charge is 0.456 e. The average Bonchev–Trinajstić information content (AvgIpc) is 3.95. The molecule has 0 spiro atoms. The summed E-state index contributed by atoms with van der Waals surface area (Å²) in [4.78, 5) is 0. The van der Waals surface area contributed by atoms with Crippen molar-refractivity contribution in [2.75, 3.05) is 0 Å². The SMILES string of the molecule is c1ccc(-c2cc3c(-c4c5ccccc5c(-c5cccc6c5c5ccccc5n6-c5ccccc5)c5ccccc45)cc4oc5ccccc5c4c3o2)cc1. The van der Waals surface area contributed by atoms with Crippen LogP contribution in [0.1, 0.15) is 0 Å². The van der Waals surface area contributed by atoms with E-state index in [-0.39, 0.29) is 0 Å². The molecule has 0 atom stereocenters. The Bertz CT molecular complexity index is 3420. The van der Waals surface area contributed by atoms with E-state index in [0.29, 0.717) is 0 Å². The Balaban J connectivity index is 1.22. The van der Waals surface area contributed by atoms with Crippen molar-refractivity contribution in [3.05, 3.63) is 188 Å². The van der Waals surface area contributed by atoms with Crippen molar-refractivity contribution < 1.29 is 8.83 Å². The summed E-state index contributed by atoms with van der Waals surface area (Å²) in [6.07, 6.45) is 0. The van der Waals surface area contributed by atoms with Crippen molar-refractivity contribution >= 4 is 76.3 Å². The fraction of sp³-hybridized carbons (Fsp3) is 0. The third-order valence-electron chi connectivity index (χ3n) is 11.4. The zero-order chi connectivity index (χ0) is 36.0. The lowest BCUT2D eigenvalue weighted by atomic mass is 9.84. The lowest BCUT2D eigenvalue weighted by Gasteiger charge is -2.19. The van der Waals surface area contributed by atoms with Gasteiger partial charge in [0.1, 0.15) is 22.5 Å². The molecule has 0 unspecified atom stereocenters. The first-order valence-corrected chi connectivity index (χ1v) is 18.8. The van der Waals surface area contributed by atoms with Crippen molar-refractivity contribution in [3.8, 4) is 39.3 Å². The number of nitrogens with zero attached hydrogens (tertiary/aromatic N) is 1. The number of para-hydroxylation sites is 3. The molecule has 256 valence electrons. The maximum atomic E-state index is 6.88. The maximum absolute atomic E-state index is 6.88. The highest BCUT2D eigenvalue weighted by Crippen LogP contribution is 2.50. The predicted octanol–water partition coefficient (Wildman–Crippen LogP) is 14.7. The third kappa shape index (κ3) is 4.32. The van der Waals surface area contributed by atoms with Crippen molar-refractivity contribution in [2.45, 2.75) is 0 Å². The molecule has 0 bridgehead atoms. The van der Waals surface area contributed by atoms with Gasteiger partial charge in [0.2, 0.25) is 0 Å². The monoisotopic (exact) mass is 701 g/mol. The first kappa shape index (κ1) is 30.1. The van der Waals surface area contributed by atoms with E-state index in [1.165, 1.54) is 60.0 Å². The van der Waals surface area contributed by atoms with Gasteiger partial charge in [-0.2, -0.15) is 0 Å². The minimum Gasteiger partial charge on any atom is -0.456 e. The lowest BCUT2D eigenvalue weighted by molar-refractivity contribution is 0.633. The number of furan rings is 2. The van der Waals surface area contributed by atoms with Crippen LogP contribution in [0.4, 0.5) is 0 Å². The minimum absolute atomic E-state index is 0.813. The van der Waals surface area contributed by atoms with Crippen LogP contribution < -0.4 is 0 Å². The summed E-state index contributed by atoms with van der Waals surface area (Å²) in [6, 6.07) is 67.1. The molecule has 0 N–H and O–H groups in total. The van der Waals surface area contributed by atoms with E-state index >= 15 is 0 Å². The number of hydrogen-bond acceptors (Lipinski definition) is 2. The molecule has 0 saturated heterocycles. The Morgan fingerprint density at radius 2 is 0.909 bits per heavy atom. The molecule has 3 heteroatoms. The molecule has 0 aliphatic heterocycles. The quantitative estimate of drug-likeness (QED) is 0.171. The Labute approximate surface area is 315 Å². The standard InChI is InChI=1S/C52H31NO2/c1-3-16-32(17-4-1)46-31-42-41(30-47-51(52(42)55-46)39-25-12-14-29-45(39)54-47)49-36-22-9-7-20-34(36)48(35-21-8-10-23-37(35)49)40-26-15-28-44-50(40)38-24-11-13-27-43(38)53(44)33-18-5-2-6-19-33/h1-31H. The molecule has 0 aliphatic rings. The van der Waals surface area contributed by atoms with Crippen LogP contribution in [0.2, 0.25) is 0 Å². The van der Waals surface area contributed by atoms with Gasteiger partial charge in [-0.1, -0.05) is 146 Å². The van der Waals surface area contributed by atoms with Crippen LogP contribution >= 0.6 is 0 Å². The summed E-state index contributed by atoms with van der Waals surface area (Å²) in [5, 5.41) is 10.4. The second kappa shape index (κ2) is 11.6. The Morgan fingerprint density at radius 3 is 1.62 bits per heavy atom. The van der Waals surface area contributed by atoms with E-state index in [9.17, 15) is 0 Å². The average molecular weight is 702 g/mol. The predicted molar refractivity (Wildman–Crippen MR) is 229 cm³/mol. The van der Waals surface area contributed by atoms with E-state index in [0.717, 1.165) is 55.5 Å². The molecule has 0 amide bonds. The molecule has 12 rings (SSSR count). The van der Waals surface area contributed by atoms with Crippen LogP contribution in [-0.4, -0.2) is 4.57 Å². The van der Waals surface area contributed by atoms with Gasteiger partial charge in [0.15, 0.2) is 0 Å². The van der Waals surface area contributed by atoms with Crippen LogP contribution in [0.25, 0.3) is 116 Å². The zero-order valence-corrected chi connectivity index (χ0v) is 29.7. The molecule has 3 nitrogen and oxygen atoms in total. The maximum Gasteiger partial charge on any atom is 0.147 e. The lowest BCUT2D eigenvalue weighted by Crippen LogP contribution is -1.94. The molecule has 12 aromatic rings. The summed E-state index contributed by atoms with van der Waals surface area (Å²) >= 11 is 0. The minimum atomic E-state index is 0.813. The number of rotatable bonds is 4. The molecule has 55 heavy (non-hydrogen) atoms. The van der Waals surface area contributed by atoms with Gasteiger partial charge in [-0.3, -0.25) is 0 Å². The van der Waals surface area contributed by atoms with Gasteiger partial charge in [0.25, 0.3) is 0 Å². The van der Waals surface area contributed by atoms with E-state index in [2.05, 4.69) is 174 Å². The van der Waals surface area contributed by atoms with Gasteiger partial charge in [-0.25, -0.2) is 0 Å². The van der Waals surface area contributed by atoms with E-state index in [1.807, 2.05) is 18.2 Å². The summed E-state index contributed by atoms with van der Waals surface area (Å²) in [5.41, 5.74) is 11.8. The second-order valence-corrected chi connectivity index (χ2v) is 14.3. The molecule has 0 saturated carbocycles. The van der Waals surface area contributed by atoms with Gasteiger partial charge in [0, 0.05) is 32.8 Å². The van der Waals surface area contributed by atoms with E-state index in [4.69, 9.17) is 8.83 Å². The Kier molecular flexibility index (Phi) is 6.34. The smallest absolute Gasteiger partial charge is 0.147 e. The van der Waals surface area contributed by atoms with Gasteiger partial charge in [-0.15, -0.1) is 0 Å². The topological polar surface area (TPSA) is 31.2 Å². The first-order chi connectivity index (χ1) is 27.3. The first-order valence-electron chi connectivity index (χ1n) is 18.8. The van der Waals surface area contributed by atoms with Crippen LogP contribution in [0.5, 0.6) is 0 Å². The Morgan fingerprint density at radius 1 is 0.345 bits per heavy atom. The van der Waals surface area contributed by atoms with Crippen LogP contribution in [0.3, 0.4) is 0 Å². The second-order valence-electron chi connectivity index (χ2n) is 14.3. The van der Waals surface area contributed by atoms with Gasteiger partial charge in [0.05, 0.1) is 16.4 Å². The third-order valence-corrected chi connectivity index (χ3v) is 11.4. The normalized spacial score (nSPS) is 12.0. The molecule has 3 aromatic heterocycles. The van der Waals surface area contributed by atoms with Gasteiger partial charge in [-0.05, 0) is 86.3 Å². The van der Waals surface area contributed by atoms with E-state index < -0.39 is 0 Å².